The first kappa shape index (κ1) is 22.5. The Balaban J connectivity index is 1.95. The number of nitrogens with zero attached hydrogens (tertiary/aromatic N) is 3. The maximum Gasteiger partial charge on any atom is 0.191 e. The molecule has 7 nitrogen and oxygen atoms in total. The highest BCUT2D eigenvalue weighted by atomic mass is 16.5. The molecule has 0 aliphatic rings. The molecular formula is C22H33N5O2. The SMILES string of the molecule is CCNC(=NCc1cccc(N(C)C)n1)NCC(O)c1ccc(OC(C)C)cc1. The number of ether oxygens (including phenoxy) is 1. The molecule has 0 bridgehead atoms. The van der Waals surface area contributed by atoms with Crippen LogP contribution in [0.15, 0.2) is 47.5 Å². The van der Waals surface area contributed by atoms with E-state index in [9.17, 15) is 5.11 Å². The average molecular weight is 400 g/mol. The van der Waals surface area contributed by atoms with Crippen LogP contribution in [0, 0.1) is 0 Å². The second-order valence-electron chi connectivity index (χ2n) is 7.21. The first-order valence-corrected chi connectivity index (χ1v) is 9.99. The summed E-state index contributed by atoms with van der Waals surface area (Å²) >= 11 is 0. The van der Waals surface area contributed by atoms with Gasteiger partial charge in [0, 0.05) is 27.2 Å². The van der Waals surface area contributed by atoms with Crippen molar-refractivity contribution in [2.75, 3.05) is 32.1 Å². The van der Waals surface area contributed by atoms with Crippen molar-refractivity contribution in [3.63, 3.8) is 0 Å². The largest absolute Gasteiger partial charge is 0.491 e. The summed E-state index contributed by atoms with van der Waals surface area (Å²) in [6.45, 7) is 7.51. The van der Waals surface area contributed by atoms with Gasteiger partial charge in [-0.1, -0.05) is 18.2 Å². The molecule has 1 heterocycles. The normalized spacial score (nSPS) is 12.6. The lowest BCUT2D eigenvalue weighted by atomic mass is 10.1. The molecule has 1 aromatic heterocycles. The number of anilines is 1. The van der Waals surface area contributed by atoms with Gasteiger partial charge < -0.3 is 25.4 Å². The van der Waals surface area contributed by atoms with Gasteiger partial charge in [0.1, 0.15) is 11.6 Å². The van der Waals surface area contributed by atoms with Gasteiger partial charge in [-0.25, -0.2) is 9.98 Å². The van der Waals surface area contributed by atoms with E-state index in [-0.39, 0.29) is 6.10 Å². The third kappa shape index (κ3) is 7.62. The topological polar surface area (TPSA) is 82.0 Å². The fourth-order valence-corrected chi connectivity index (χ4v) is 2.66. The number of hydrogen-bond acceptors (Lipinski definition) is 5. The van der Waals surface area contributed by atoms with Crippen molar-refractivity contribution in [2.45, 2.75) is 39.5 Å². The zero-order valence-electron chi connectivity index (χ0n) is 18.0. The Morgan fingerprint density at radius 2 is 1.86 bits per heavy atom. The van der Waals surface area contributed by atoms with Crippen molar-refractivity contribution >= 4 is 11.8 Å². The molecule has 7 heteroatoms. The van der Waals surface area contributed by atoms with Crippen LogP contribution in [0.3, 0.4) is 0 Å². The van der Waals surface area contributed by atoms with Crippen molar-refractivity contribution < 1.29 is 9.84 Å². The molecule has 1 aromatic carbocycles. The van der Waals surface area contributed by atoms with Crippen LogP contribution in [0.2, 0.25) is 0 Å². The van der Waals surface area contributed by atoms with Crippen LogP contribution in [0.1, 0.15) is 38.1 Å². The van der Waals surface area contributed by atoms with Crippen LogP contribution in [0.4, 0.5) is 5.82 Å². The quantitative estimate of drug-likeness (QED) is 0.444. The highest BCUT2D eigenvalue weighted by molar-refractivity contribution is 5.79. The van der Waals surface area contributed by atoms with Gasteiger partial charge >= 0.3 is 0 Å². The number of guanidine groups is 1. The van der Waals surface area contributed by atoms with Crippen LogP contribution < -0.4 is 20.3 Å². The third-order valence-corrected chi connectivity index (χ3v) is 4.09. The van der Waals surface area contributed by atoms with Gasteiger partial charge in [0.2, 0.25) is 0 Å². The second-order valence-corrected chi connectivity index (χ2v) is 7.21. The van der Waals surface area contributed by atoms with E-state index in [4.69, 9.17) is 4.74 Å². The van der Waals surface area contributed by atoms with Crippen molar-refractivity contribution in [1.82, 2.24) is 15.6 Å². The van der Waals surface area contributed by atoms with E-state index in [0.29, 0.717) is 19.0 Å². The summed E-state index contributed by atoms with van der Waals surface area (Å²) in [4.78, 5) is 11.1. The molecule has 0 spiro atoms. The van der Waals surface area contributed by atoms with Gasteiger partial charge in [-0.15, -0.1) is 0 Å². The molecule has 1 atom stereocenters. The molecule has 158 valence electrons. The summed E-state index contributed by atoms with van der Waals surface area (Å²) < 4.78 is 5.64. The fraction of sp³-hybridized carbons (Fsp3) is 0.455. The van der Waals surface area contributed by atoms with Gasteiger partial charge in [0.05, 0.1) is 24.4 Å². The Morgan fingerprint density at radius 1 is 1.14 bits per heavy atom. The highest BCUT2D eigenvalue weighted by Crippen LogP contribution is 2.18. The van der Waals surface area contributed by atoms with Crippen molar-refractivity contribution in [2.24, 2.45) is 4.99 Å². The van der Waals surface area contributed by atoms with Crippen molar-refractivity contribution in [1.29, 1.82) is 0 Å². The van der Waals surface area contributed by atoms with Crippen LogP contribution in [-0.2, 0) is 6.54 Å². The molecule has 0 saturated heterocycles. The Morgan fingerprint density at radius 3 is 2.48 bits per heavy atom. The summed E-state index contributed by atoms with van der Waals surface area (Å²) in [5.74, 6) is 2.34. The second kappa shape index (κ2) is 11.3. The number of hydrogen-bond donors (Lipinski definition) is 3. The lowest BCUT2D eigenvalue weighted by molar-refractivity contribution is 0.180. The number of aliphatic hydroxyl groups excluding tert-OH is 1. The molecule has 0 radical (unpaired) electrons. The van der Waals surface area contributed by atoms with E-state index in [0.717, 1.165) is 29.4 Å². The summed E-state index contributed by atoms with van der Waals surface area (Å²) in [6.07, 6.45) is -0.526. The van der Waals surface area contributed by atoms with Crippen molar-refractivity contribution in [3.05, 3.63) is 53.7 Å². The summed E-state index contributed by atoms with van der Waals surface area (Å²) in [6, 6.07) is 13.4. The standard InChI is InChI=1S/C22H33N5O2/c1-6-23-22(24-14-18-8-7-9-21(26-18)27(4)5)25-15-20(28)17-10-12-19(13-11-17)29-16(2)3/h7-13,16,20,28H,6,14-15H2,1-5H3,(H2,23,24,25). The molecule has 29 heavy (non-hydrogen) atoms. The molecule has 2 aromatic rings. The van der Waals surface area contributed by atoms with Crippen molar-refractivity contribution in [3.8, 4) is 5.75 Å². The highest BCUT2D eigenvalue weighted by Gasteiger charge is 2.09. The number of nitrogens with one attached hydrogen (secondary N) is 2. The van der Waals surface area contributed by atoms with E-state index in [1.165, 1.54) is 0 Å². The zero-order valence-corrected chi connectivity index (χ0v) is 18.0. The molecule has 3 N–H and O–H groups in total. The van der Waals surface area contributed by atoms with E-state index >= 15 is 0 Å². The Kier molecular flexibility index (Phi) is 8.73. The zero-order chi connectivity index (χ0) is 21.2. The summed E-state index contributed by atoms with van der Waals surface area (Å²) in [5, 5.41) is 16.9. The Hall–Kier alpha value is -2.80. The number of rotatable bonds is 9. The van der Waals surface area contributed by atoms with Gasteiger partial charge in [0.25, 0.3) is 0 Å². The number of aromatic nitrogens is 1. The number of pyridine rings is 1. The molecule has 2 rings (SSSR count). The maximum absolute atomic E-state index is 10.5. The van der Waals surface area contributed by atoms with Gasteiger partial charge in [-0.05, 0) is 50.6 Å². The summed E-state index contributed by atoms with van der Waals surface area (Å²) in [5.41, 5.74) is 1.71. The monoisotopic (exact) mass is 399 g/mol. The van der Waals surface area contributed by atoms with Crippen LogP contribution in [0.5, 0.6) is 5.75 Å². The molecule has 0 saturated carbocycles. The minimum atomic E-state index is -0.651. The molecule has 0 aliphatic carbocycles. The predicted molar refractivity (Wildman–Crippen MR) is 119 cm³/mol. The lowest BCUT2D eigenvalue weighted by Crippen LogP contribution is -2.39. The number of aliphatic imine (C=N–C) groups is 1. The van der Waals surface area contributed by atoms with Gasteiger partial charge in [-0.3, -0.25) is 0 Å². The predicted octanol–water partition coefficient (Wildman–Crippen LogP) is 2.72. The van der Waals surface area contributed by atoms with E-state index in [1.54, 1.807) is 0 Å². The Labute approximate surface area is 173 Å². The minimum absolute atomic E-state index is 0.124. The molecule has 0 fully saturated rings. The van der Waals surface area contributed by atoms with E-state index < -0.39 is 6.10 Å². The average Bonchev–Trinajstić information content (AvgIpc) is 2.70. The fourth-order valence-electron chi connectivity index (χ4n) is 2.66. The van der Waals surface area contributed by atoms with Crippen LogP contribution in [0.25, 0.3) is 0 Å². The smallest absolute Gasteiger partial charge is 0.191 e. The molecule has 1 unspecified atom stereocenters. The van der Waals surface area contributed by atoms with Crippen LogP contribution in [-0.4, -0.2) is 49.3 Å². The molecule has 0 aliphatic heterocycles. The maximum atomic E-state index is 10.5. The first-order valence-electron chi connectivity index (χ1n) is 9.99. The van der Waals surface area contributed by atoms with E-state index in [1.807, 2.05) is 82.2 Å². The van der Waals surface area contributed by atoms with Crippen LogP contribution >= 0.6 is 0 Å². The summed E-state index contributed by atoms with van der Waals surface area (Å²) in [7, 11) is 3.92. The first-order chi connectivity index (χ1) is 13.9. The van der Waals surface area contributed by atoms with Gasteiger partial charge in [-0.2, -0.15) is 0 Å². The number of benzene rings is 1. The lowest BCUT2D eigenvalue weighted by Gasteiger charge is -2.16. The van der Waals surface area contributed by atoms with Gasteiger partial charge in [0.15, 0.2) is 5.96 Å². The third-order valence-electron chi connectivity index (χ3n) is 4.09. The number of aliphatic hydroxyl groups is 1. The minimum Gasteiger partial charge on any atom is -0.491 e. The molecular weight excluding hydrogens is 366 g/mol. The molecule has 0 amide bonds. The Bertz CT molecular complexity index is 775. The van der Waals surface area contributed by atoms with E-state index in [2.05, 4.69) is 20.6 Å².